The molecule has 0 unspecified atom stereocenters. The van der Waals surface area contributed by atoms with E-state index in [1.54, 1.807) is 12.4 Å². The van der Waals surface area contributed by atoms with Gasteiger partial charge in [0.05, 0.1) is 17.6 Å². The third-order valence-corrected chi connectivity index (χ3v) is 1.72. The molecule has 0 saturated heterocycles. The molecule has 0 spiro atoms. The van der Waals surface area contributed by atoms with Crippen LogP contribution in [-0.2, 0) is 4.79 Å². The second kappa shape index (κ2) is 4.41. The van der Waals surface area contributed by atoms with Crippen molar-refractivity contribution in [3.63, 3.8) is 0 Å². The van der Waals surface area contributed by atoms with Crippen LogP contribution in [0.25, 0.3) is 0 Å². The lowest BCUT2D eigenvalue weighted by atomic mass is 10.3. The van der Waals surface area contributed by atoms with Gasteiger partial charge >= 0.3 is 0 Å². The molecule has 0 saturated carbocycles. The summed E-state index contributed by atoms with van der Waals surface area (Å²) in [5, 5.41) is 2.68. The SMILES string of the molecule is C=CC(=O)Nc1cnccc1N(C)C. The molecule has 0 aromatic carbocycles. The molecule has 74 valence electrons. The third-order valence-electron chi connectivity index (χ3n) is 1.72. The van der Waals surface area contributed by atoms with Gasteiger partial charge in [0, 0.05) is 20.3 Å². The maximum absolute atomic E-state index is 11.1. The van der Waals surface area contributed by atoms with Crippen molar-refractivity contribution in [2.45, 2.75) is 0 Å². The topological polar surface area (TPSA) is 45.2 Å². The molecule has 1 aromatic heterocycles. The number of nitrogens with one attached hydrogen (secondary N) is 1. The number of aromatic nitrogens is 1. The Balaban J connectivity index is 2.95. The second-order valence-electron chi connectivity index (χ2n) is 2.98. The van der Waals surface area contributed by atoms with Crippen LogP contribution in [0.4, 0.5) is 11.4 Å². The summed E-state index contributed by atoms with van der Waals surface area (Å²) in [6.07, 6.45) is 4.52. The third kappa shape index (κ3) is 2.32. The predicted octanol–water partition coefficient (Wildman–Crippen LogP) is 1.27. The highest BCUT2D eigenvalue weighted by molar-refractivity contribution is 6.00. The molecule has 0 bridgehead atoms. The second-order valence-corrected chi connectivity index (χ2v) is 2.98. The quantitative estimate of drug-likeness (QED) is 0.732. The number of rotatable bonds is 3. The van der Waals surface area contributed by atoms with Crippen molar-refractivity contribution in [1.29, 1.82) is 0 Å². The van der Waals surface area contributed by atoms with Crippen LogP contribution in [0.5, 0.6) is 0 Å². The minimum Gasteiger partial charge on any atom is -0.376 e. The Bertz CT molecular complexity index is 347. The van der Waals surface area contributed by atoms with E-state index in [4.69, 9.17) is 0 Å². The number of hydrogen-bond donors (Lipinski definition) is 1. The maximum Gasteiger partial charge on any atom is 0.247 e. The van der Waals surface area contributed by atoms with Gasteiger partial charge in [-0.15, -0.1) is 0 Å². The maximum atomic E-state index is 11.1. The first-order chi connectivity index (χ1) is 6.65. The lowest BCUT2D eigenvalue weighted by Crippen LogP contribution is -2.15. The molecule has 0 atom stereocenters. The zero-order chi connectivity index (χ0) is 10.6. The Kier molecular flexibility index (Phi) is 3.23. The van der Waals surface area contributed by atoms with Crippen LogP contribution in [0.15, 0.2) is 31.1 Å². The van der Waals surface area contributed by atoms with Gasteiger partial charge in [-0.1, -0.05) is 6.58 Å². The number of carbonyl (C=O) groups excluding carboxylic acids is 1. The van der Waals surface area contributed by atoms with Gasteiger partial charge in [-0.3, -0.25) is 9.78 Å². The standard InChI is InChI=1S/C10H13N3O/c1-4-10(14)12-8-7-11-6-5-9(8)13(2)3/h4-7H,1H2,2-3H3,(H,12,14). The number of carbonyl (C=O) groups is 1. The Morgan fingerprint density at radius 3 is 2.93 bits per heavy atom. The molecular formula is C10H13N3O. The first-order valence-electron chi connectivity index (χ1n) is 4.20. The van der Waals surface area contributed by atoms with Crippen LogP contribution in [0.3, 0.4) is 0 Å². The van der Waals surface area contributed by atoms with Crippen LogP contribution in [0, 0.1) is 0 Å². The van der Waals surface area contributed by atoms with Crippen LogP contribution in [-0.4, -0.2) is 25.0 Å². The molecule has 1 heterocycles. The molecule has 1 N–H and O–H groups in total. The predicted molar refractivity (Wildman–Crippen MR) is 57.4 cm³/mol. The van der Waals surface area contributed by atoms with Gasteiger partial charge < -0.3 is 10.2 Å². The van der Waals surface area contributed by atoms with E-state index in [9.17, 15) is 4.79 Å². The molecule has 0 aliphatic carbocycles. The van der Waals surface area contributed by atoms with Gasteiger partial charge in [-0.25, -0.2) is 0 Å². The number of pyridine rings is 1. The summed E-state index contributed by atoms with van der Waals surface area (Å²) >= 11 is 0. The van der Waals surface area contributed by atoms with Crippen molar-refractivity contribution in [3.05, 3.63) is 31.1 Å². The number of nitrogens with zero attached hydrogens (tertiary/aromatic N) is 2. The van der Waals surface area contributed by atoms with Crippen LogP contribution >= 0.6 is 0 Å². The minimum absolute atomic E-state index is 0.235. The average molecular weight is 191 g/mol. The normalized spacial score (nSPS) is 9.29. The fourth-order valence-electron chi connectivity index (χ4n) is 1.06. The lowest BCUT2D eigenvalue weighted by molar-refractivity contribution is -0.111. The molecule has 1 amide bonds. The van der Waals surface area contributed by atoms with Crippen molar-refractivity contribution >= 4 is 17.3 Å². The van der Waals surface area contributed by atoms with Gasteiger partial charge in [0.15, 0.2) is 0 Å². The Hall–Kier alpha value is -1.84. The van der Waals surface area contributed by atoms with E-state index in [1.807, 2.05) is 25.1 Å². The zero-order valence-electron chi connectivity index (χ0n) is 8.32. The van der Waals surface area contributed by atoms with Gasteiger partial charge in [0.25, 0.3) is 0 Å². The highest BCUT2D eigenvalue weighted by atomic mass is 16.1. The molecule has 0 radical (unpaired) electrons. The zero-order valence-corrected chi connectivity index (χ0v) is 8.32. The van der Waals surface area contributed by atoms with Gasteiger partial charge in [0.1, 0.15) is 0 Å². The molecule has 1 aromatic rings. The Morgan fingerprint density at radius 2 is 2.36 bits per heavy atom. The first kappa shape index (κ1) is 10.2. The van der Waals surface area contributed by atoms with Gasteiger partial charge in [0.2, 0.25) is 5.91 Å². The summed E-state index contributed by atoms with van der Waals surface area (Å²) in [5.74, 6) is -0.235. The van der Waals surface area contributed by atoms with E-state index in [0.717, 1.165) is 5.69 Å². The van der Waals surface area contributed by atoms with Crippen LogP contribution in [0.2, 0.25) is 0 Å². The summed E-state index contributed by atoms with van der Waals surface area (Å²) in [4.78, 5) is 16.9. The molecule has 0 aliphatic heterocycles. The van der Waals surface area contributed by atoms with Crippen molar-refractivity contribution in [1.82, 2.24) is 4.98 Å². The van der Waals surface area contributed by atoms with Gasteiger partial charge in [-0.05, 0) is 12.1 Å². The number of hydrogen-bond acceptors (Lipinski definition) is 3. The molecule has 4 nitrogen and oxygen atoms in total. The van der Waals surface area contributed by atoms with E-state index >= 15 is 0 Å². The monoisotopic (exact) mass is 191 g/mol. The summed E-state index contributed by atoms with van der Waals surface area (Å²) in [5.41, 5.74) is 1.60. The molecule has 0 aliphatic rings. The summed E-state index contributed by atoms with van der Waals surface area (Å²) in [7, 11) is 3.80. The molecule has 1 rings (SSSR count). The summed E-state index contributed by atoms with van der Waals surface area (Å²) in [6, 6.07) is 1.83. The minimum atomic E-state index is -0.235. The van der Waals surface area contributed by atoms with Crippen molar-refractivity contribution in [2.75, 3.05) is 24.3 Å². The van der Waals surface area contributed by atoms with E-state index in [1.165, 1.54) is 6.08 Å². The summed E-state index contributed by atoms with van der Waals surface area (Å²) < 4.78 is 0. The fraction of sp³-hybridized carbons (Fsp3) is 0.200. The largest absolute Gasteiger partial charge is 0.376 e. The first-order valence-corrected chi connectivity index (χ1v) is 4.20. The van der Waals surface area contributed by atoms with Crippen molar-refractivity contribution in [3.8, 4) is 0 Å². The number of amides is 1. The molecule has 14 heavy (non-hydrogen) atoms. The molecular weight excluding hydrogens is 178 g/mol. The highest BCUT2D eigenvalue weighted by Crippen LogP contribution is 2.21. The fourth-order valence-corrected chi connectivity index (χ4v) is 1.06. The van der Waals surface area contributed by atoms with E-state index in [0.29, 0.717) is 5.69 Å². The molecule has 4 heteroatoms. The smallest absolute Gasteiger partial charge is 0.247 e. The van der Waals surface area contributed by atoms with Gasteiger partial charge in [-0.2, -0.15) is 0 Å². The van der Waals surface area contributed by atoms with Crippen LogP contribution in [0.1, 0.15) is 0 Å². The number of anilines is 2. The lowest BCUT2D eigenvalue weighted by Gasteiger charge is -2.16. The van der Waals surface area contributed by atoms with Crippen molar-refractivity contribution < 1.29 is 4.79 Å². The summed E-state index contributed by atoms with van der Waals surface area (Å²) in [6.45, 7) is 3.39. The Morgan fingerprint density at radius 1 is 1.64 bits per heavy atom. The highest BCUT2D eigenvalue weighted by Gasteiger charge is 2.05. The van der Waals surface area contributed by atoms with Crippen molar-refractivity contribution in [2.24, 2.45) is 0 Å². The van der Waals surface area contributed by atoms with E-state index in [2.05, 4.69) is 16.9 Å². The van der Waals surface area contributed by atoms with E-state index < -0.39 is 0 Å². The average Bonchev–Trinajstić information content (AvgIpc) is 2.18. The van der Waals surface area contributed by atoms with E-state index in [-0.39, 0.29) is 5.91 Å². The Labute approximate surface area is 83.3 Å². The molecule has 0 fully saturated rings. The van der Waals surface area contributed by atoms with Crippen LogP contribution < -0.4 is 10.2 Å².